The van der Waals surface area contributed by atoms with E-state index in [9.17, 15) is 13.2 Å². The first kappa shape index (κ1) is 15.9. The van der Waals surface area contributed by atoms with E-state index < -0.39 is 11.7 Å². The first-order valence-electron chi connectivity index (χ1n) is 7.40. The van der Waals surface area contributed by atoms with Crippen molar-refractivity contribution < 1.29 is 13.2 Å². The van der Waals surface area contributed by atoms with Crippen molar-refractivity contribution in [2.24, 2.45) is 5.92 Å². The van der Waals surface area contributed by atoms with E-state index in [1.807, 2.05) is 13.8 Å². The largest absolute Gasteiger partial charge is 0.418 e. The van der Waals surface area contributed by atoms with Crippen molar-refractivity contribution in [3.05, 3.63) is 29.6 Å². The van der Waals surface area contributed by atoms with Gasteiger partial charge in [-0.05, 0) is 43.4 Å². The Hall–Kier alpha value is -1.52. The summed E-state index contributed by atoms with van der Waals surface area (Å²) in [4.78, 5) is 4.14. The zero-order valence-electron chi connectivity index (χ0n) is 12.8. The van der Waals surface area contributed by atoms with Crippen LogP contribution in [0.2, 0.25) is 0 Å². The van der Waals surface area contributed by atoms with E-state index in [0.29, 0.717) is 17.0 Å². The molecule has 1 aliphatic carbocycles. The molecule has 0 amide bonds. The second kappa shape index (κ2) is 5.70. The van der Waals surface area contributed by atoms with Crippen LogP contribution in [0.15, 0.2) is 18.5 Å². The van der Waals surface area contributed by atoms with Gasteiger partial charge < -0.3 is 4.57 Å². The summed E-state index contributed by atoms with van der Waals surface area (Å²) in [6.07, 6.45) is -0.930. The van der Waals surface area contributed by atoms with Gasteiger partial charge in [0.2, 0.25) is 0 Å². The van der Waals surface area contributed by atoms with Gasteiger partial charge in [-0.15, -0.1) is 0 Å². The molecule has 0 bridgehead atoms. The lowest BCUT2D eigenvalue weighted by Gasteiger charge is -2.34. The molecule has 0 spiro atoms. The lowest BCUT2D eigenvalue weighted by Crippen LogP contribution is -2.24. The average Bonchev–Trinajstić information content (AvgIpc) is 2.78. The molecule has 3 rings (SSSR count). The van der Waals surface area contributed by atoms with Crippen molar-refractivity contribution in [1.82, 2.24) is 9.55 Å². The van der Waals surface area contributed by atoms with Crippen LogP contribution in [0, 0.1) is 12.8 Å². The minimum atomic E-state index is -4.34. The fraction of sp³-hybridized carbons (Fsp3) is 0.562. The summed E-state index contributed by atoms with van der Waals surface area (Å²) in [5, 5.41) is 0. The van der Waals surface area contributed by atoms with Crippen LogP contribution in [0.4, 0.5) is 13.2 Å². The molecule has 2 nitrogen and oxygen atoms in total. The van der Waals surface area contributed by atoms with Crippen LogP contribution in [-0.4, -0.2) is 9.55 Å². The zero-order valence-corrected chi connectivity index (χ0v) is 12.8. The number of hydrogen-bond donors (Lipinski definition) is 0. The van der Waals surface area contributed by atoms with Crippen molar-refractivity contribution in [2.75, 3.05) is 0 Å². The molecule has 0 unspecified atom stereocenters. The number of benzene rings is 1. The van der Waals surface area contributed by atoms with Crippen molar-refractivity contribution in [2.45, 2.75) is 52.8 Å². The summed E-state index contributed by atoms with van der Waals surface area (Å²) in [5.41, 5.74) is 0.688. The third kappa shape index (κ3) is 2.92. The Morgan fingerprint density at radius 1 is 1.19 bits per heavy atom. The van der Waals surface area contributed by atoms with Gasteiger partial charge in [0.15, 0.2) is 0 Å². The summed E-state index contributed by atoms with van der Waals surface area (Å²) >= 11 is 0. The van der Waals surface area contributed by atoms with Crippen LogP contribution >= 0.6 is 0 Å². The van der Waals surface area contributed by atoms with Gasteiger partial charge in [-0.3, -0.25) is 0 Å². The summed E-state index contributed by atoms with van der Waals surface area (Å²) < 4.78 is 41.2. The fourth-order valence-electron chi connectivity index (χ4n) is 2.89. The van der Waals surface area contributed by atoms with Crippen molar-refractivity contribution in [3.8, 4) is 0 Å². The van der Waals surface area contributed by atoms with E-state index in [-0.39, 0.29) is 11.6 Å². The Morgan fingerprint density at radius 3 is 2.33 bits per heavy atom. The van der Waals surface area contributed by atoms with Gasteiger partial charge in [0.05, 0.1) is 22.9 Å². The van der Waals surface area contributed by atoms with E-state index in [0.717, 1.165) is 12.8 Å². The van der Waals surface area contributed by atoms with Gasteiger partial charge in [0.25, 0.3) is 0 Å². The number of alkyl halides is 3. The van der Waals surface area contributed by atoms with Crippen LogP contribution in [0.25, 0.3) is 11.0 Å². The molecule has 1 heterocycles. The molecule has 1 fully saturated rings. The summed E-state index contributed by atoms with van der Waals surface area (Å²) in [5.74, 6) is 0.585. The molecule has 5 heteroatoms. The second-order valence-corrected chi connectivity index (χ2v) is 5.56. The number of hydrogen-bond acceptors (Lipinski definition) is 1. The molecule has 0 N–H and O–H groups in total. The van der Waals surface area contributed by atoms with Gasteiger partial charge in [0.1, 0.15) is 0 Å². The van der Waals surface area contributed by atoms with Gasteiger partial charge in [-0.1, -0.05) is 20.8 Å². The summed E-state index contributed by atoms with van der Waals surface area (Å²) in [6.45, 7) is 7.78. The van der Waals surface area contributed by atoms with E-state index in [1.165, 1.54) is 6.07 Å². The minimum Gasteiger partial charge on any atom is -0.327 e. The Labute approximate surface area is 123 Å². The molecular formula is C16H21F3N2. The number of rotatable bonds is 1. The Bertz CT molecular complexity index is 622. The molecule has 1 aromatic heterocycles. The van der Waals surface area contributed by atoms with Gasteiger partial charge in [-0.2, -0.15) is 13.2 Å². The number of nitrogens with zero attached hydrogens (tertiary/aromatic N) is 2. The molecule has 1 saturated carbocycles. The molecule has 0 radical (unpaired) electrons. The lowest BCUT2D eigenvalue weighted by molar-refractivity contribution is -0.136. The topological polar surface area (TPSA) is 17.8 Å². The predicted molar refractivity (Wildman–Crippen MR) is 78.3 cm³/mol. The Morgan fingerprint density at radius 2 is 1.81 bits per heavy atom. The normalized spacial score (nSPS) is 21.7. The van der Waals surface area contributed by atoms with E-state index in [2.05, 4.69) is 11.9 Å². The average molecular weight is 298 g/mol. The number of aryl methyl sites for hydroxylation is 1. The SMILES string of the molecule is CC.Cc1cc(C(F)(F)F)c2c(c1)ncn2C1CC(C)C1. The molecule has 2 aromatic rings. The maximum absolute atomic E-state index is 13.2. The number of aromatic nitrogens is 2. The Balaban J connectivity index is 0.000000774. The summed E-state index contributed by atoms with van der Waals surface area (Å²) in [7, 11) is 0. The van der Waals surface area contributed by atoms with Crippen LogP contribution in [-0.2, 0) is 6.18 Å². The maximum atomic E-state index is 13.2. The first-order valence-corrected chi connectivity index (χ1v) is 7.40. The van der Waals surface area contributed by atoms with Crippen molar-refractivity contribution >= 4 is 11.0 Å². The second-order valence-electron chi connectivity index (χ2n) is 5.56. The minimum absolute atomic E-state index is 0.156. The molecule has 1 aromatic carbocycles. The quantitative estimate of drug-likeness (QED) is 0.693. The molecule has 21 heavy (non-hydrogen) atoms. The number of imidazole rings is 1. The van der Waals surface area contributed by atoms with E-state index in [1.54, 1.807) is 23.9 Å². The third-order valence-corrected chi connectivity index (χ3v) is 3.86. The van der Waals surface area contributed by atoms with Gasteiger partial charge in [0, 0.05) is 6.04 Å². The highest BCUT2D eigenvalue weighted by molar-refractivity contribution is 5.81. The standard InChI is InChI=1S/C14H15F3N2.C2H6/c1-8-3-10(4-8)19-7-18-12-6-9(2)5-11(13(12)19)14(15,16)17;1-2/h5-8,10H,3-4H2,1-2H3;1-2H3. The molecular weight excluding hydrogens is 277 g/mol. The number of fused-ring (bicyclic) bond motifs is 1. The monoisotopic (exact) mass is 298 g/mol. The van der Waals surface area contributed by atoms with E-state index >= 15 is 0 Å². The Kier molecular flexibility index (Phi) is 4.30. The molecule has 116 valence electrons. The first-order chi connectivity index (χ1) is 9.86. The molecule has 0 atom stereocenters. The molecule has 0 saturated heterocycles. The van der Waals surface area contributed by atoms with Gasteiger partial charge >= 0.3 is 6.18 Å². The smallest absolute Gasteiger partial charge is 0.327 e. The predicted octanol–water partition coefficient (Wildman–Crippen LogP) is 5.36. The molecule has 1 aliphatic rings. The maximum Gasteiger partial charge on any atom is 0.418 e. The van der Waals surface area contributed by atoms with Crippen LogP contribution in [0.5, 0.6) is 0 Å². The van der Waals surface area contributed by atoms with Crippen LogP contribution < -0.4 is 0 Å². The highest BCUT2D eigenvalue weighted by atomic mass is 19.4. The van der Waals surface area contributed by atoms with Gasteiger partial charge in [-0.25, -0.2) is 4.98 Å². The van der Waals surface area contributed by atoms with Crippen molar-refractivity contribution in [3.63, 3.8) is 0 Å². The highest BCUT2D eigenvalue weighted by Crippen LogP contribution is 2.42. The fourth-order valence-corrected chi connectivity index (χ4v) is 2.89. The van der Waals surface area contributed by atoms with E-state index in [4.69, 9.17) is 0 Å². The highest BCUT2D eigenvalue weighted by Gasteiger charge is 2.36. The van der Waals surface area contributed by atoms with Crippen molar-refractivity contribution in [1.29, 1.82) is 0 Å². The number of halogens is 3. The summed E-state index contributed by atoms with van der Waals surface area (Å²) in [6, 6.07) is 3.08. The van der Waals surface area contributed by atoms with Crippen LogP contribution in [0.3, 0.4) is 0 Å². The van der Waals surface area contributed by atoms with Crippen LogP contribution in [0.1, 0.15) is 50.8 Å². The zero-order chi connectivity index (χ0) is 15.8. The third-order valence-electron chi connectivity index (χ3n) is 3.86. The molecule has 0 aliphatic heterocycles. The lowest BCUT2D eigenvalue weighted by atomic mass is 9.81.